The van der Waals surface area contributed by atoms with E-state index in [0.717, 1.165) is 10.8 Å². The van der Waals surface area contributed by atoms with E-state index in [4.69, 9.17) is 4.74 Å². The van der Waals surface area contributed by atoms with Crippen molar-refractivity contribution >= 4 is 49.5 Å². The molecule has 7 nitrogen and oxygen atoms in total. The Balaban J connectivity index is 1.83. The highest BCUT2D eigenvalue weighted by molar-refractivity contribution is 14.1. The van der Waals surface area contributed by atoms with Crippen molar-refractivity contribution in [3.63, 3.8) is 0 Å². The molecule has 1 amide bonds. The third-order valence-corrected chi connectivity index (χ3v) is 7.71. The van der Waals surface area contributed by atoms with Gasteiger partial charge in [0.05, 0.1) is 8.94 Å². The molecule has 3 rings (SSSR count). The number of hydrogen-bond donors (Lipinski definition) is 0. The molecule has 1 aromatic heterocycles. The van der Waals surface area contributed by atoms with Gasteiger partial charge in [0.1, 0.15) is 5.60 Å². The van der Waals surface area contributed by atoms with Gasteiger partial charge in [-0.3, -0.25) is 4.98 Å². The number of aromatic nitrogens is 1. The van der Waals surface area contributed by atoms with Gasteiger partial charge in [-0.25, -0.2) is 13.2 Å². The van der Waals surface area contributed by atoms with Gasteiger partial charge in [-0.05, 0) is 50.8 Å². The second-order valence-corrected chi connectivity index (χ2v) is 11.0. The predicted molar refractivity (Wildman–Crippen MR) is 116 cm³/mol. The van der Waals surface area contributed by atoms with Crippen molar-refractivity contribution in [2.45, 2.75) is 41.7 Å². The Morgan fingerprint density at radius 3 is 2.68 bits per heavy atom. The zero-order valence-electron chi connectivity index (χ0n) is 16.1. The molecule has 1 fully saturated rings. The molecule has 0 N–H and O–H groups in total. The molecule has 0 bridgehead atoms. The molecule has 0 spiro atoms. The third kappa shape index (κ3) is 4.74. The number of rotatable bonds is 2. The quantitative estimate of drug-likeness (QED) is 0.346. The molecule has 0 saturated carbocycles. The summed E-state index contributed by atoms with van der Waals surface area (Å²) < 4.78 is 33.1. The molecule has 152 valence electrons. The lowest BCUT2D eigenvalue weighted by Gasteiger charge is -2.29. The normalized spacial score (nSPS) is 19.4. The molecule has 1 atom stereocenters. The zero-order valence-corrected chi connectivity index (χ0v) is 19.1. The molecule has 28 heavy (non-hydrogen) atoms. The minimum atomic E-state index is -3.68. The molecule has 9 heteroatoms. The van der Waals surface area contributed by atoms with Crippen LogP contribution in [0.15, 0.2) is 41.6 Å². The Labute approximate surface area is 179 Å². The van der Waals surface area contributed by atoms with Gasteiger partial charge in [-0.15, -0.1) is 0 Å². The van der Waals surface area contributed by atoms with Crippen molar-refractivity contribution in [2.75, 3.05) is 19.6 Å². The molecule has 1 saturated heterocycles. The smallest absolute Gasteiger partial charge is 0.410 e. The van der Waals surface area contributed by atoms with Crippen LogP contribution >= 0.6 is 22.6 Å². The lowest BCUT2D eigenvalue weighted by atomic mass is 10.2. The molecule has 0 radical (unpaired) electrons. The standard InChI is InChI=1S/C19H24IN3O4S/c1-19(2,3)27-18(24)22-9-4-10-23(17(20)13-22)28(25,26)16-6-5-15-12-21-8-7-14(15)11-16/h5-8,11-12,17H,4,9-10,13H2,1-3H3/t17-/m0/s1. The zero-order chi connectivity index (χ0) is 20.5. The van der Waals surface area contributed by atoms with Crippen molar-refractivity contribution < 1.29 is 17.9 Å². The Hall–Kier alpha value is -1.46. The molecule has 1 aliphatic heterocycles. The van der Waals surface area contributed by atoms with E-state index in [0.29, 0.717) is 19.5 Å². The number of amides is 1. The summed E-state index contributed by atoms with van der Waals surface area (Å²) in [5.41, 5.74) is -0.587. The van der Waals surface area contributed by atoms with E-state index < -0.39 is 21.7 Å². The van der Waals surface area contributed by atoms with Gasteiger partial charge in [-0.2, -0.15) is 4.31 Å². The molecule has 0 unspecified atom stereocenters. The van der Waals surface area contributed by atoms with Crippen molar-refractivity contribution in [2.24, 2.45) is 0 Å². The van der Waals surface area contributed by atoms with Gasteiger partial charge in [0.25, 0.3) is 0 Å². The van der Waals surface area contributed by atoms with E-state index >= 15 is 0 Å². The number of alkyl halides is 1. The number of hydrogen-bond acceptors (Lipinski definition) is 5. The SMILES string of the molecule is CC(C)(C)OC(=O)N1CCCN(S(=O)(=O)c2ccc3cnccc3c2)[C@H](I)C1. The first kappa shape index (κ1) is 21.3. The van der Waals surface area contributed by atoms with Crippen molar-refractivity contribution in [3.8, 4) is 0 Å². The Morgan fingerprint density at radius 1 is 1.21 bits per heavy atom. The molecule has 0 aliphatic carbocycles. The molecule has 2 aromatic rings. The third-order valence-electron chi connectivity index (χ3n) is 4.36. The van der Waals surface area contributed by atoms with E-state index in [-0.39, 0.29) is 15.5 Å². The largest absolute Gasteiger partial charge is 0.444 e. The lowest BCUT2D eigenvalue weighted by molar-refractivity contribution is 0.0257. The number of sulfonamides is 1. The van der Waals surface area contributed by atoms with Crippen LogP contribution in [-0.2, 0) is 14.8 Å². The van der Waals surface area contributed by atoms with Gasteiger partial charge < -0.3 is 9.64 Å². The van der Waals surface area contributed by atoms with Crippen LogP contribution in [0.25, 0.3) is 10.8 Å². The fraction of sp³-hybridized carbons (Fsp3) is 0.474. The van der Waals surface area contributed by atoms with Gasteiger partial charge in [0.2, 0.25) is 10.0 Å². The number of carbonyl (C=O) groups is 1. The van der Waals surface area contributed by atoms with Gasteiger partial charge in [-0.1, -0.05) is 28.7 Å². The highest BCUT2D eigenvalue weighted by Crippen LogP contribution is 2.27. The second-order valence-electron chi connectivity index (χ2n) is 7.71. The highest BCUT2D eigenvalue weighted by atomic mass is 127. The minimum absolute atomic E-state index is 0.249. The number of carbonyl (C=O) groups excluding carboxylic acids is 1. The number of fused-ring (bicyclic) bond motifs is 1. The first-order valence-corrected chi connectivity index (χ1v) is 11.7. The Kier molecular flexibility index (Phi) is 6.16. The number of benzene rings is 1. The van der Waals surface area contributed by atoms with Crippen LogP contribution < -0.4 is 0 Å². The summed E-state index contributed by atoms with van der Waals surface area (Å²) in [6, 6.07) is 6.84. The number of ether oxygens (including phenoxy) is 1. The first-order valence-electron chi connectivity index (χ1n) is 9.05. The van der Waals surface area contributed by atoms with Gasteiger partial charge in [0.15, 0.2) is 0 Å². The summed E-state index contributed by atoms with van der Waals surface area (Å²) in [5.74, 6) is 0. The van der Waals surface area contributed by atoms with Crippen LogP contribution in [0.3, 0.4) is 0 Å². The van der Waals surface area contributed by atoms with Crippen LogP contribution in [0.1, 0.15) is 27.2 Å². The maximum absolute atomic E-state index is 13.3. The molecular weight excluding hydrogens is 493 g/mol. The van der Waals surface area contributed by atoms with E-state index in [9.17, 15) is 13.2 Å². The van der Waals surface area contributed by atoms with Gasteiger partial charge in [0, 0.05) is 37.4 Å². The van der Waals surface area contributed by atoms with Crippen LogP contribution in [-0.4, -0.2) is 58.0 Å². The minimum Gasteiger partial charge on any atom is -0.444 e. The number of pyridine rings is 1. The summed E-state index contributed by atoms with van der Waals surface area (Å²) in [6.07, 6.45) is 3.49. The van der Waals surface area contributed by atoms with E-state index in [1.165, 1.54) is 4.31 Å². The average molecular weight is 517 g/mol. The second kappa shape index (κ2) is 8.11. The summed E-state index contributed by atoms with van der Waals surface area (Å²) >= 11 is 2.09. The Morgan fingerprint density at radius 2 is 1.96 bits per heavy atom. The van der Waals surface area contributed by atoms with Crippen LogP contribution in [0.2, 0.25) is 0 Å². The van der Waals surface area contributed by atoms with Crippen LogP contribution in [0, 0.1) is 0 Å². The summed E-state index contributed by atoms with van der Waals surface area (Å²) in [6.45, 7) is 6.54. The van der Waals surface area contributed by atoms with Gasteiger partial charge >= 0.3 is 6.09 Å². The van der Waals surface area contributed by atoms with E-state index in [2.05, 4.69) is 27.6 Å². The van der Waals surface area contributed by atoms with E-state index in [1.807, 2.05) is 20.8 Å². The number of halogens is 1. The van der Waals surface area contributed by atoms with Crippen molar-refractivity contribution in [1.29, 1.82) is 0 Å². The summed E-state index contributed by atoms with van der Waals surface area (Å²) in [5, 5.41) is 1.71. The maximum Gasteiger partial charge on any atom is 0.410 e. The first-order chi connectivity index (χ1) is 13.1. The van der Waals surface area contributed by atoms with E-state index in [1.54, 1.807) is 41.6 Å². The number of nitrogens with zero attached hydrogens (tertiary/aromatic N) is 3. The van der Waals surface area contributed by atoms with Crippen LogP contribution in [0.4, 0.5) is 4.79 Å². The summed E-state index contributed by atoms with van der Waals surface area (Å²) in [4.78, 5) is 18.3. The fourth-order valence-corrected chi connectivity index (χ4v) is 6.22. The maximum atomic E-state index is 13.3. The molecule has 1 aromatic carbocycles. The molecular formula is C19H24IN3O4S. The van der Waals surface area contributed by atoms with Crippen molar-refractivity contribution in [3.05, 3.63) is 36.7 Å². The topological polar surface area (TPSA) is 79.8 Å². The molecule has 2 heterocycles. The average Bonchev–Trinajstić information content (AvgIpc) is 2.82. The predicted octanol–water partition coefficient (Wildman–Crippen LogP) is 3.63. The Bertz CT molecular complexity index is 975. The monoisotopic (exact) mass is 517 g/mol. The lowest BCUT2D eigenvalue weighted by Crippen LogP contribution is -2.43. The fourth-order valence-electron chi connectivity index (χ4n) is 3.04. The highest BCUT2D eigenvalue weighted by Gasteiger charge is 2.35. The van der Waals surface area contributed by atoms with Crippen molar-refractivity contribution in [1.82, 2.24) is 14.2 Å². The molecule has 1 aliphatic rings. The summed E-state index contributed by atoms with van der Waals surface area (Å²) in [7, 11) is -3.68. The van der Waals surface area contributed by atoms with Crippen LogP contribution in [0.5, 0.6) is 0 Å².